The molecule has 7 nitrogen and oxygen atoms in total. The second-order valence-electron chi connectivity index (χ2n) is 5.46. The Morgan fingerprint density at radius 3 is 2.37 bits per heavy atom. The molecule has 0 saturated carbocycles. The molecule has 2 amide bonds. The number of anilines is 1. The van der Waals surface area contributed by atoms with Gasteiger partial charge in [0.15, 0.2) is 0 Å². The Kier molecular flexibility index (Phi) is 6.85. The molecule has 0 fully saturated rings. The molecule has 2 N–H and O–H groups in total. The fourth-order valence-electron chi connectivity index (χ4n) is 2.06. The van der Waals surface area contributed by atoms with Crippen LogP contribution in [0.4, 0.5) is 11.4 Å². The number of hydrogen-bond acceptors (Lipinski definition) is 4. The second-order valence-corrected chi connectivity index (χ2v) is 5.46. The highest BCUT2D eigenvalue weighted by molar-refractivity contribution is 5.91. The second kappa shape index (κ2) is 9.53. The van der Waals surface area contributed by atoms with Gasteiger partial charge >= 0.3 is 0 Å². The first-order valence-corrected chi connectivity index (χ1v) is 8.01. The highest BCUT2D eigenvalue weighted by Crippen LogP contribution is 2.12. The Morgan fingerprint density at radius 2 is 1.78 bits per heavy atom. The first-order valence-electron chi connectivity index (χ1n) is 8.01. The highest BCUT2D eigenvalue weighted by atomic mass is 16.6. The van der Waals surface area contributed by atoms with E-state index in [0.29, 0.717) is 11.3 Å². The first-order chi connectivity index (χ1) is 12.9. The zero-order valence-electron chi connectivity index (χ0n) is 14.6. The predicted octanol–water partition coefficient (Wildman–Crippen LogP) is 2.73. The molecule has 0 aliphatic rings. The highest BCUT2D eigenvalue weighted by Gasteiger charge is 2.02. The van der Waals surface area contributed by atoms with E-state index in [1.807, 2.05) is 0 Å². The van der Waals surface area contributed by atoms with E-state index in [0.717, 1.165) is 5.56 Å². The van der Waals surface area contributed by atoms with Gasteiger partial charge in [0, 0.05) is 36.4 Å². The summed E-state index contributed by atoms with van der Waals surface area (Å²) < 4.78 is 0. The lowest BCUT2D eigenvalue weighted by molar-refractivity contribution is -0.384. The predicted molar refractivity (Wildman–Crippen MR) is 103 cm³/mol. The van der Waals surface area contributed by atoms with Crippen LogP contribution in [0.5, 0.6) is 0 Å². The number of nitrogens with one attached hydrogen (secondary N) is 2. The Hall–Kier alpha value is -3.92. The summed E-state index contributed by atoms with van der Waals surface area (Å²) in [5.74, 6) is 5.28. The van der Waals surface area contributed by atoms with Crippen LogP contribution in [0, 0.1) is 22.0 Å². The number of nitrogens with zero attached hydrogens (tertiary/aromatic N) is 1. The molecule has 0 atom stereocenters. The fraction of sp³-hybridized carbons (Fsp3) is 0.100. The zero-order chi connectivity index (χ0) is 19.6. The topological polar surface area (TPSA) is 101 Å². The average molecular weight is 363 g/mol. The third kappa shape index (κ3) is 6.84. The molecule has 0 bridgehead atoms. The molecule has 136 valence electrons. The van der Waals surface area contributed by atoms with Gasteiger partial charge in [0.2, 0.25) is 11.8 Å². The Bertz CT molecular complexity index is 920. The van der Waals surface area contributed by atoms with Gasteiger partial charge in [0.1, 0.15) is 0 Å². The molecule has 0 heterocycles. The van der Waals surface area contributed by atoms with Gasteiger partial charge in [-0.15, -0.1) is 0 Å². The van der Waals surface area contributed by atoms with Gasteiger partial charge in [-0.05, 0) is 48.0 Å². The normalized spacial score (nSPS) is 9.96. The van der Waals surface area contributed by atoms with Crippen molar-refractivity contribution in [2.75, 3.05) is 11.9 Å². The first kappa shape index (κ1) is 19.4. The van der Waals surface area contributed by atoms with Crippen molar-refractivity contribution in [2.45, 2.75) is 6.92 Å². The smallest absolute Gasteiger partial charge is 0.269 e. The van der Waals surface area contributed by atoms with E-state index in [1.165, 1.54) is 25.1 Å². The van der Waals surface area contributed by atoms with Crippen LogP contribution in [-0.2, 0) is 9.59 Å². The van der Waals surface area contributed by atoms with E-state index in [1.54, 1.807) is 42.5 Å². The summed E-state index contributed by atoms with van der Waals surface area (Å²) >= 11 is 0. The van der Waals surface area contributed by atoms with Gasteiger partial charge < -0.3 is 10.6 Å². The number of carbonyl (C=O) groups is 2. The molecule has 0 saturated heterocycles. The summed E-state index contributed by atoms with van der Waals surface area (Å²) in [6.45, 7) is 1.61. The molecule has 7 heteroatoms. The van der Waals surface area contributed by atoms with E-state index in [4.69, 9.17) is 0 Å². The van der Waals surface area contributed by atoms with Crippen molar-refractivity contribution in [3.05, 3.63) is 75.8 Å². The van der Waals surface area contributed by atoms with E-state index < -0.39 is 4.92 Å². The van der Waals surface area contributed by atoms with Crippen LogP contribution in [0.1, 0.15) is 18.1 Å². The van der Waals surface area contributed by atoms with Crippen LogP contribution < -0.4 is 10.6 Å². The fourth-order valence-corrected chi connectivity index (χ4v) is 2.06. The maximum atomic E-state index is 11.7. The Balaban J connectivity index is 1.81. The van der Waals surface area contributed by atoms with Crippen molar-refractivity contribution in [3.8, 4) is 11.8 Å². The molecule has 0 aliphatic carbocycles. The molecular formula is C20H17N3O4. The summed E-state index contributed by atoms with van der Waals surface area (Å²) in [4.78, 5) is 32.8. The number of carbonyl (C=O) groups excluding carboxylic acids is 2. The van der Waals surface area contributed by atoms with Crippen molar-refractivity contribution in [1.29, 1.82) is 0 Å². The molecule has 0 unspecified atom stereocenters. The van der Waals surface area contributed by atoms with E-state index in [9.17, 15) is 19.7 Å². The van der Waals surface area contributed by atoms with Crippen LogP contribution in [0.15, 0.2) is 54.6 Å². The minimum absolute atomic E-state index is 0.00279. The van der Waals surface area contributed by atoms with Gasteiger partial charge in [-0.25, -0.2) is 0 Å². The monoisotopic (exact) mass is 363 g/mol. The summed E-state index contributed by atoms with van der Waals surface area (Å²) in [5.41, 5.74) is 2.13. The number of amides is 2. The third-order valence-corrected chi connectivity index (χ3v) is 3.32. The van der Waals surface area contributed by atoms with Crippen molar-refractivity contribution in [3.63, 3.8) is 0 Å². The number of benzene rings is 2. The largest absolute Gasteiger partial charge is 0.342 e. The maximum absolute atomic E-state index is 11.7. The molecule has 0 aromatic heterocycles. The SMILES string of the molecule is CC(=O)Nc1ccc(C#CCNC(=O)/C=C/c2ccc([N+](=O)[O-])cc2)cc1. The average Bonchev–Trinajstić information content (AvgIpc) is 2.64. The number of rotatable bonds is 5. The van der Waals surface area contributed by atoms with E-state index in [-0.39, 0.29) is 24.0 Å². The quantitative estimate of drug-likeness (QED) is 0.369. The Labute approximate surface area is 156 Å². The van der Waals surface area contributed by atoms with Crippen molar-refractivity contribution < 1.29 is 14.5 Å². The lowest BCUT2D eigenvalue weighted by Gasteiger charge is -2.00. The standard InChI is InChI=1S/C20H17N3O4/c1-15(24)22-18-9-4-16(5-10-18)3-2-14-21-20(25)13-8-17-6-11-19(12-7-17)23(26)27/h4-13H,14H2,1H3,(H,21,25)(H,22,24)/b13-8+. The Morgan fingerprint density at radius 1 is 1.11 bits per heavy atom. The molecule has 27 heavy (non-hydrogen) atoms. The summed E-state index contributed by atoms with van der Waals surface area (Å²) in [5, 5.41) is 15.9. The van der Waals surface area contributed by atoms with E-state index >= 15 is 0 Å². The molecular weight excluding hydrogens is 346 g/mol. The van der Waals surface area contributed by atoms with Crippen LogP contribution in [-0.4, -0.2) is 23.3 Å². The minimum Gasteiger partial charge on any atom is -0.342 e. The molecule has 2 aromatic carbocycles. The summed E-state index contributed by atoms with van der Waals surface area (Å²) in [6, 6.07) is 12.9. The maximum Gasteiger partial charge on any atom is 0.269 e. The lowest BCUT2D eigenvalue weighted by atomic mass is 10.2. The third-order valence-electron chi connectivity index (χ3n) is 3.32. The van der Waals surface area contributed by atoms with Crippen LogP contribution >= 0.6 is 0 Å². The molecule has 0 aliphatic heterocycles. The number of non-ortho nitro benzene ring substituents is 1. The molecule has 0 radical (unpaired) electrons. The number of hydrogen-bond donors (Lipinski definition) is 2. The van der Waals surface area contributed by atoms with Gasteiger partial charge in [0.25, 0.3) is 5.69 Å². The van der Waals surface area contributed by atoms with Crippen molar-refractivity contribution >= 4 is 29.3 Å². The van der Waals surface area contributed by atoms with Crippen molar-refractivity contribution in [2.24, 2.45) is 0 Å². The minimum atomic E-state index is -0.480. The summed E-state index contributed by atoms with van der Waals surface area (Å²) in [7, 11) is 0. The lowest BCUT2D eigenvalue weighted by Crippen LogP contribution is -2.20. The van der Waals surface area contributed by atoms with Gasteiger partial charge in [-0.1, -0.05) is 11.8 Å². The van der Waals surface area contributed by atoms with Crippen LogP contribution in [0.25, 0.3) is 6.08 Å². The number of nitro benzene ring substituents is 1. The van der Waals surface area contributed by atoms with Gasteiger partial charge in [-0.3, -0.25) is 19.7 Å². The molecule has 2 rings (SSSR count). The number of nitro groups is 1. The molecule has 2 aromatic rings. The zero-order valence-corrected chi connectivity index (χ0v) is 14.6. The van der Waals surface area contributed by atoms with E-state index in [2.05, 4.69) is 22.5 Å². The van der Waals surface area contributed by atoms with Crippen LogP contribution in [0.2, 0.25) is 0 Å². The van der Waals surface area contributed by atoms with Crippen LogP contribution in [0.3, 0.4) is 0 Å². The van der Waals surface area contributed by atoms with Gasteiger partial charge in [0.05, 0.1) is 11.5 Å². The van der Waals surface area contributed by atoms with Gasteiger partial charge in [-0.2, -0.15) is 0 Å². The summed E-state index contributed by atoms with van der Waals surface area (Å²) in [6.07, 6.45) is 2.90. The molecule has 0 spiro atoms. The van der Waals surface area contributed by atoms with Crippen molar-refractivity contribution in [1.82, 2.24) is 5.32 Å².